The van der Waals surface area contributed by atoms with Crippen LogP contribution in [0.2, 0.25) is 0 Å². The van der Waals surface area contributed by atoms with Gasteiger partial charge >= 0.3 is 13.3 Å². The van der Waals surface area contributed by atoms with Crippen molar-refractivity contribution in [3.63, 3.8) is 0 Å². The summed E-state index contributed by atoms with van der Waals surface area (Å²) in [7, 11) is 0.765. The first kappa shape index (κ1) is 20.8. The van der Waals surface area contributed by atoms with E-state index < -0.39 is 13.3 Å². The Bertz CT molecular complexity index is 856. The molecule has 1 unspecified atom stereocenters. The smallest absolute Gasteiger partial charge is 0.420 e. The number of rotatable bonds is 8. The second-order valence-electron chi connectivity index (χ2n) is 6.39. The van der Waals surface area contributed by atoms with Gasteiger partial charge in [0.2, 0.25) is 0 Å². The van der Waals surface area contributed by atoms with Crippen LogP contribution < -0.4 is 9.47 Å². The van der Waals surface area contributed by atoms with E-state index in [9.17, 15) is 14.2 Å². The first-order chi connectivity index (χ1) is 12.8. The van der Waals surface area contributed by atoms with Gasteiger partial charge in [0.1, 0.15) is 17.1 Å². The number of carbonyl (C=O) groups is 2. The number of hydrogen-bond donors (Lipinski definition) is 0. The molecular formula is C21H24O5P+. The Kier molecular flexibility index (Phi) is 6.86. The highest BCUT2D eigenvalue weighted by Gasteiger charge is 2.33. The Labute approximate surface area is 160 Å². The van der Waals surface area contributed by atoms with Gasteiger partial charge in [0.15, 0.2) is 11.9 Å². The van der Waals surface area contributed by atoms with Crippen molar-refractivity contribution >= 4 is 19.1 Å². The standard InChI is InChI=1S/C21H24O5P/c1-13-11-17(25-4)20(18(12-13)26-5)16(22)9-10-27(24)21(23)19-14(2)7-6-8-15(19)3/h6-8,11-12H,9-10H2,1-5H3/q+1. The van der Waals surface area contributed by atoms with Crippen LogP contribution in [0.1, 0.15) is 43.8 Å². The molecule has 0 N–H and O–H groups in total. The molecule has 2 aromatic carbocycles. The molecule has 0 aliphatic heterocycles. The van der Waals surface area contributed by atoms with Crippen LogP contribution in [-0.4, -0.2) is 31.7 Å². The number of carbonyl (C=O) groups excluding carboxylic acids is 2. The Hall–Kier alpha value is -2.52. The van der Waals surface area contributed by atoms with Gasteiger partial charge in [-0.15, -0.1) is 0 Å². The zero-order valence-electron chi connectivity index (χ0n) is 16.3. The highest BCUT2D eigenvalue weighted by molar-refractivity contribution is 7.64. The van der Waals surface area contributed by atoms with Crippen molar-refractivity contribution in [2.24, 2.45) is 0 Å². The SMILES string of the molecule is COc1cc(C)cc(OC)c1C(=O)CC[P+](=O)C(=O)c1c(C)cccc1C. The van der Waals surface area contributed by atoms with Crippen LogP contribution in [0.3, 0.4) is 0 Å². The normalized spacial score (nSPS) is 11.1. The maximum absolute atomic E-state index is 12.7. The summed E-state index contributed by atoms with van der Waals surface area (Å²) in [4.78, 5) is 25.3. The van der Waals surface area contributed by atoms with E-state index in [0.717, 1.165) is 16.7 Å². The molecule has 0 saturated heterocycles. The maximum atomic E-state index is 12.7. The van der Waals surface area contributed by atoms with Gasteiger partial charge in [0.25, 0.3) is 0 Å². The van der Waals surface area contributed by atoms with Crippen molar-refractivity contribution in [3.8, 4) is 11.5 Å². The molecule has 2 rings (SSSR count). The molecule has 2 aromatic rings. The lowest BCUT2D eigenvalue weighted by Crippen LogP contribution is -2.08. The van der Waals surface area contributed by atoms with Crippen molar-refractivity contribution in [3.05, 3.63) is 58.1 Å². The van der Waals surface area contributed by atoms with E-state index in [1.807, 2.05) is 39.0 Å². The molecule has 0 aliphatic carbocycles. The fraction of sp³-hybridized carbons (Fsp3) is 0.333. The molecule has 0 amide bonds. The van der Waals surface area contributed by atoms with Crippen molar-refractivity contribution in [2.45, 2.75) is 27.2 Å². The molecule has 27 heavy (non-hydrogen) atoms. The van der Waals surface area contributed by atoms with Crippen LogP contribution >= 0.6 is 7.80 Å². The number of ether oxygens (including phenoxy) is 2. The average molecular weight is 387 g/mol. The molecule has 142 valence electrons. The summed E-state index contributed by atoms with van der Waals surface area (Å²) in [5.41, 5.74) is 2.87. The predicted molar refractivity (Wildman–Crippen MR) is 106 cm³/mol. The number of aryl methyl sites for hydroxylation is 3. The lowest BCUT2D eigenvalue weighted by atomic mass is 10.0. The van der Waals surface area contributed by atoms with E-state index >= 15 is 0 Å². The molecule has 0 spiro atoms. The third kappa shape index (κ3) is 4.61. The molecule has 0 aliphatic rings. The lowest BCUT2D eigenvalue weighted by Gasteiger charge is -2.12. The van der Waals surface area contributed by atoms with Crippen LogP contribution in [0.15, 0.2) is 30.3 Å². The largest absolute Gasteiger partial charge is 0.496 e. The van der Waals surface area contributed by atoms with Gasteiger partial charge in [-0.2, -0.15) is 0 Å². The van der Waals surface area contributed by atoms with Crippen molar-refractivity contribution in [2.75, 3.05) is 20.4 Å². The number of Topliss-reactive ketones (excluding diaryl/α,β-unsaturated/α-hetero) is 1. The van der Waals surface area contributed by atoms with Gasteiger partial charge in [0.05, 0.1) is 26.2 Å². The molecule has 0 bridgehead atoms. The minimum atomic E-state index is -2.20. The van der Waals surface area contributed by atoms with Gasteiger partial charge in [-0.3, -0.25) is 4.79 Å². The maximum Gasteiger partial charge on any atom is 0.420 e. The fourth-order valence-electron chi connectivity index (χ4n) is 3.02. The molecule has 5 nitrogen and oxygen atoms in total. The van der Waals surface area contributed by atoms with Crippen LogP contribution in [-0.2, 0) is 4.57 Å². The number of benzene rings is 2. The number of methoxy groups -OCH3 is 2. The predicted octanol–water partition coefficient (Wildman–Crippen LogP) is 4.87. The lowest BCUT2D eigenvalue weighted by molar-refractivity contribution is 0.0983. The minimum Gasteiger partial charge on any atom is -0.496 e. The summed E-state index contributed by atoms with van der Waals surface area (Å²) in [6, 6.07) is 8.98. The highest BCUT2D eigenvalue weighted by Crippen LogP contribution is 2.35. The third-order valence-corrected chi connectivity index (χ3v) is 5.70. The van der Waals surface area contributed by atoms with Crippen LogP contribution in [0, 0.1) is 20.8 Å². The Morgan fingerprint density at radius 3 is 1.93 bits per heavy atom. The fourth-order valence-corrected chi connectivity index (χ4v) is 4.24. The summed E-state index contributed by atoms with van der Waals surface area (Å²) in [5, 5.41) is 0. The Morgan fingerprint density at radius 2 is 1.44 bits per heavy atom. The molecule has 0 radical (unpaired) electrons. The van der Waals surface area contributed by atoms with Crippen molar-refractivity contribution < 1.29 is 23.6 Å². The minimum absolute atomic E-state index is 0.0129. The highest BCUT2D eigenvalue weighted by atomic mass is 31.1. The summed E-state index contributed by atoms with van der Waals surface area (Å²) in [5.74, 6) is 0.558. The monoisotopic (exact) mass is 387 g/mol. The van der Waals surface area contributed by atoms with Crippen molar-refractivity contribution in [1.29, 1.82) is 0 Å². The van der Waals surface area contributed by atoms with E-state index in [-0.39, 0.29) is 18.4 Å². The molecule has 0 heterocycles. The second-order valence-corrected chi connectivity index (χ2v) is 8.00. The van der Waals surface area contributed by atoms with Gasteiger partial charge in [-0.05, 0) is 49.6 Å². The van der Waals surface area contributed by atoms with Gasteiger partial charge in [-0.25, -0.2) is 4.79 Å². The van der Waals surface area contributed by atoms with Crippen LogP contribution in [0.5, 0.6) is 11.5 Å². The third-order valence-electron chi connectivity index (χ3n) is 4.39. The van der Waals surface area contributed by atoms with E-state index in [4.69, 9.17) is 9.47 Å². The second kappa shape index (κ2) is 8.92. The quantitative estimate of drug-likeness (QED) is 0.477. The summed E-state index contributed by atoms with van der Waals surface area (Å²) >= 11 is 0. The van der Waals surface area contributed by atoms with Gasteiger partial charge in [0, 0.05) is 0 Å². The molecule has 0 saturated carbocycles. The van der Waals surface area contributed by atoms with Crippen LogP contribution in [0.4, 0.5) is 0 Å². The summed E-state index contributed by atoms with van der Waals surface area (Å²) in [6.45, 7) is 5.51. The Balaban J connectivity index is 2.19. The Morgan fingerprint density at radius 1 is 0.926 bits per heavy atom. The molecule has 6 heteroatoms. The van der Waals surface area contributed by atoms with Gasteiger partial charge < -0.3 is 9.47 Å². The first-order valence-electron chi connectivity index (χ1n) is 8.61. The van der Waals surface area contributed by atoms with E-state index in [2.05, 4.69) is 0 Å². The van der Waals surface area contributed by atoms with Gasteiger partial charge in [-0.1, -0.05) is 22.8 Å². The zero-order valence-corrected chi connectivity index (χ0v) is 17.2. The van der Waals surface area contributed by atoms with E-state index in [1.165, 1.54) is 14.2 Å². The first-order valence-corrected chi connectivity index (χ1v) is 10.1. The zero-order chi connectivity index (χ0) is 20.1. The number of hydrogen-bond acceptors (Lipinski definition) is 5. The number of ketones is 1. The van der Waals surface area contributed by atoms with Crippen LogP contribution in [0.25, 0.3) is 0 Å². The van der Waals surface area contributed by atoms with Crippen molar-refractivity contribution in [1.82, 2.24) is 0 Å². The van der Waals surface area contributed by atoms with E-state index in [1.54, 1.807) is 12.1 Å². The molecule has 0 aromatic heterocycles. The topological polar surface area (TPSA) is 69.7 Å². The average Bonchev–Trinajstić information content (AvgIpc) is 2.64. The molecule has 1 atom stereocenters. The summed E-state index contributed by atoms with van der Waals surface area (Å²) < 4.78 is 23.1. The van der Waals surface area contributed by atoms with E-state index in [0.29, 0.717) is 22.6 Å². The molecule has 0 fully saturated rings. The molecular weight excluding hydrogens is 363 g/mol. The summed E-state index contributed by atoms with van der Waals surface area (Å²) in [6.07, 6.45) is -0.0391.